The van der Waals surface area contributed by atoms with Gasteiger partial charge < -0.3 is 5.32 Å². The molecule has 1 aliphatic heterocycles. The summed E-state index contributed by atoms with van der Waals surface area (Å²) in [6, 6.07) is 2.22. The Labute approximate surface area is 117 Å². The number of nitrogens with one attached hydrogen (secondary N) is 1. The summed E-state index contributed by atoms with van der Waals surface area (Å²) < 4.78 is 0. The van der Waals surface area contributed by atoms with Crippen LogP contribution >= 0.6 is 11.8 Å². The summed E-state index contributed by atoms with van der Waals surface area (Å²) in [5, 5.41) is 4.59. The third kappa shape index (κ3) is 3.23. The van der Waals surface area contributed by atoms with Crippen molar-refractivity contribution in [3.63, 3.8) is 0 Å². The van der Waals surface area contributed by atoms with Crippen LogP contribution in [0.25, 0.3) is 0 Å². The Kier molecular flexibility index (Phi) is 5.40. The van der Waals surface area contributed by atoms with E-state index in [1.54, 1.807) is 0 Å². The van der Waals surface area contributed by atoms with Crippen molar-refractivity contribution in [2.24, 2.45) is 5.92 Å². The van der Waals surface area contributed by atoms with E-state index in [1.165, 1.54) is 38.8 Å². The monoisotopic (exact) mass is 270 g/mol. The SMILES string of the molecule is CSC1CCCCC1N1CC(C(C)C)NCC1C. The molecule has 2 fully saturated rings. The average molecular weight is 270 g/mol. The third-order valence-electron chi connectivity index (χ3n) is 4.85. The van der Waals surface area contributed by atoms with Crippen LogP contribution in [0.15, 0.2) is 0 Å². The lowest BCUT2D eigenvalue weighted by Gasteiger charge is -2.48. The Morgan fingerprint density at radius 1 is 1.22 bits per heavy atom. The van der Waals surface area contributed by atoms with Crippen molar-refractivity contribution < 1.29 is 0 Å². The number of hydrogen-bond donors (Lipinski definition) is 1. The van der Waals surface area contributed by atoms with Gasteiger partial charge >= 0.3 is 0 Å². The molecule has 1 saturated carbocycles. The fraction of sp³-hybridized carbons (Fsp3) is 1.00. The molecule has 1 heterocycles. The standard InChI is InChI=1S/C15H30N2S/c1-11(2)13-10-17(12(3)9-16-13)14-7-5-6-8-15(14)18-4/h11-16H,5-10H2,1-4H3. The molecule has 0 radical (unpaired) electrons. The number of piperazine rings is 1. The van der Waals surface area contributed by atoms with Gasteiger partial charge in [0.2, 0.25) is 0 Å². The van der Waals surface area contributed by atoms with E-state index in [1.807, 2.05) is 0 Å². The average Bonchev–Trinajstić information content (AvgIpc) is 2.39. The van der Waals surface area contributed by atoms with Crippen LogP contribution in [0.4, 0.5) is 0 Å². The molecule has 0 aromatic rings. The summed E-state index contributed by atoms with van der Waals surface area (Å²) in [5.41, 5.74) is 0. The number of hydrogen-bond acceptors (Lipinski definition) is 3. The predicted octanol–water partition coefficient (Wildman–Crippen LogP) is 2.98. The number of nitrogens with zero attached hydrogens (tertiary/aromatic N) is 1. The topological polar surface area (TPSA) is 15.3 Å². The Balaban J connectivity index is 2.03. The van der Waals surface area contributed by atoms with Gasteiger partial charge in [-0.25, -0.2) is 0 Å². The normalized spacial score (nSPS) is 39.2. The minimum Gasteiger partial charge on any atom is -0.311 e. The van der Waals surface area contributed by atoms with Crippen molar-refractivity contribution in [3.05, 3.63) is 0 Å². The van der Waals surface area contributed by atoms with E-state index in [2.05, 4.69) is 49.0 Å². The molecule has 1 N–H and O–H groups in total. The zero-order valence-electron chi connectivity index (χ0n) is 12.5. The van der Waals surface area contributed by atoms with Crippen LogP contribution in [0, 0.1) is 5.92 Å². The van der Waals surface area contributed by atoms with E-state index in [0.29, 0.717) is 12.1 Å². The van der Waals surface area contributed by atoms with Gasteiger partial charge in [0.25, 0.3) is 0 Å². The lowest BCUT2D eigenvalue weighted by atomic mass is 9.90. The summed E-state index contributed by atoms with van der Waals surface area (Å²) in [5.74, 6) is 0.747. The van der Waals surface area contributed by atoms with Crippen molar-refractivity contribution in [1.29, 1.82) is 0 Å². The summed E-state index contributed by atoms with van der Waals surface area (Å²) >= 11 is 2.10. The van der Waals surface area contributed by atoms with Crippen LogP contribution in [0.1, 0.15) is 46.5 Å². The Morgan fingerprint density at radius 2 is 1.94 bits per heavy atom. The highest BCUT2D eigenvalue weighted by Crippen LogP contribution is 2.32. The molecule has 0 bridgehead atoms. The van der Waals surface area contributed by atoms with E-state index < -0.39 is 0 Å². The van der Waals surface area contributed by atoms with Crippen LogP contribution in [-0.2, 0) is 0 Å². The first-order chi connectivity index (χ1) is 8.63. The molecule has 2 nitrogen and oxygen atoms in total. The predicted molar refractivity (Wildman–Crippen MR) is 82.4 cm³/mol. The summed E-state index contributed by atoms with van der Waals surface area (Å²) in [6.07, 6.45) is 8.02. The second-order valence-electron chi connectivity index (χ2n) is 6.43. The maximum absolute atomic E-state index is 3.72. The van der Waals surface area contributed by atoms with Crippen molar-refractivity contribution in [2.45, 2.75) is 69.8 Å². The van der Waals surface area contributed by atoms with Crippen LogP contribution in [0.2, 0.25) is 0 Å². The molecule has 4 unspecified atom stereocenters. The highest BCUT2D eigenvalue weighted by molar-refractivity contribution is 7.99. The third-order valence-corrected chi connectivity index (χ3v) is 6.01. The molecular weight excluding hydrogens is 240 g/mol. The first kappa shape index (κ1) is 14.7. The van der Waals surface area contributed by atoms with E-state index in [9.17, 15) is 0 Å². The minimum absolute atomic E-state index is 0.686. The second-order valence-corrected chi connectivity index (χ2v) is 7.51. The summed E-state index contributed by atoms with van der Waals surface area (Å²) in [7, 11) is 0. The Morgan fingerprint density at radius 3 is 2.61 bits per heavy atom. The minimum atomic E-state index is 0.686. The van der Waals surface area contributed by atoms with Gasteiger partial charge in [-0.05, 0) is 31.9 Å². The Hall–Kier alpha value is 0.270. The molecule has 0 aromatic carbocycles. The highest BCUT2D eigenvalue weighted by Gasteiger charge is 2.36. The van der Waals surface area contributed by atoms with E-state index in [-0.39, 0.29) is 0 Å². The largest absolute Gasteiger partial charge is 0.311 e. The smallest absolute Gasteiger partial charge is 0.0218 e. The first-order valence-corrected chi connectivity index (χ1v) is 8.94. The maximum Gasteiger partial charge on any atom is 0.0218 e. The molecular formula is C15H30N2S. The molecule has 4 atom stereocenters. The molecule has 0 spiro atoms. The van der Waals surface area contributed by atoms with Gasteiger partial charge in [-0.1, -0.05) is 26.7 Å². The molecule has 0 amide bonds. The fourth-order valence-electron chi connectivity index (χ4n) is 3.55. The first-order valence-electron chi connectivity index (χ1n) is 7.65. The fourth-order valence-corrected chi connectivity index (χ4v) is 4.56. The second kappa shape index (κ2) is 6.62. The molecule has 2 rings (SSSR count). The molecule has 18 heavy (non-hydrogen) atoms. The number of rotatable bonds is 3. The maximum atomic E-state index is 3.72. The molecule has 106 valence electrons. The quantitative estimate of drug-likeness (QED) is 0.849. The van der Waals surface area contributed by atoms with E-state index in [0.717, 1.165) is 17.2 Å². The van der Waals surface area contributed by atoms with Crippen LogP contribution < -0.4 is 5.32 Å². The van der Waals surface area contributed by atoms with Gasteiger partial charge in [0, 0.05) is 36.5 Å². The zero-order valence-corrected chi connectivity index (χ0v) is 13.3. The van der Waals surface area contributed by atoms with Gasteiger partial charge in [-0.2, -0.15) is 11.8 Å². The van der Waals surface area contributed by atoms with Crippen LogP contribution in [0.3, 0.4) is 0 Å². The summed E-state index contributed by atoms with van der Waals surface area (Å²) in [4.78, 5) is 2.82. The summed E-state index contributed by atoms with van der Waals surface area (Å²) in [6.45, 7) is 9.51. The van der Waals surface area contributed by atoms with Gasteiger partial charge in [0.1, 0.15) is 0 Å². The van der Waals surface area contributed by atoms with Crippen LogP contribution in [-0.4, -0.2) is 47.6 Å². The van der Waals surface area contributed by atoms with Gasteiger partial charge in [-0.3, -0.25) is 4.90 Å². The lowest BCUT2D eigenvalue weighted by Crippen LogP contribution is -2.62. The van der Waals surface area contributed by atoms with Gasteiger partial charge in [0.15, 0.2) is 0 Å². The van der Waals surface area contributed by atoms with Crippen LogP contribution in [0.5, 0.6) is 0 Å². The highest BCUT2D eigenvalue weighted by atomic mass is 32.2. The van der Waals surface area contributed by atoms with Crippen molar-refractivity contribution in [3.8, 4) is 0 Å². The van der Waals surface area contributed by atoms with Gasteiger partial charge in [-0.15, -0.1) is 0 Å². The van der Waals surface area contributed by atoms with Crippen molar-refractivity contribution in [1.82, 2.24) is 10.2 Å². The lowest BCUT2D eigenvalue weighted by molar-refractivity contribution is 0.0630. The van der Waals surface area contributed by atoms with E-state index >= 15 is 0 Å². The molecule has 1 saturated heterocycles. The van der Waals surface area contributed by atoms with Crippen molar-refractivity contribution >= 4 is 11.8 Å². The Bertz CT molecular complexity index is 257. The van der Waals surface area contributed by atoms with Crippen molar-refractivity contribution in [2.75, 3.05) is 19.3 Å². The molecule has 3 heteroatoms. The zero-order chi connectivity index (χ0) is 13.1. The van der Waals surface area contributed by atoms with E-state index in [4.69, 9.17) is 0 Å². The van der Waals surface area contributed by atoms with Gasteiger partial charge in [0.05, 0.1) is 0 Å². The molecule has 2 aliphatic rings. The molecule has 0 aromatic heterocycles. The number of thioether (sulfide) groups is 1. The molecule has 1 aliphatic carbocycles.